The summed E-state index contributed by atoms with van der Waals surface area (Å²) < 4.78 is 0. The zero-order valence-corrected chi connectivity index (χ0v) is 10.5. The molecule has 0 nitrogen and oxygen atoms in total. The Morgan fingerprint density at radius 2 is 1.71 bits per heavy atom. The van der Waals surface area contributed by atoms with E-state index in [1.165, 1.54) is 0 Å². The zero-order valence-electron chi connectivity index (χ0n) is 7.30. The molecule has 0 aliphatic rings. The summed E-state index contributed by atoms with van der Waals surface area (Å²) in [4.78, 5) is 0. The van der Waals surface area contributed by atoms with Gasteiger partial charge in [0.05, 0.1) is 10.0 Å². The molecule has 0 radical (unpaired) electrons. The van der Waals surface area contributed by atoms with Crippen LogP contribution in [-0.4, -0.2) is 5.75 Å². The molecule has 0 spiro atoms. The van der Waals surface area contributed by atoms with Gasteiger partial charge in [-0.05, 0) is 29.9 Å². The molecule has 1 aromatic carbocycles. The predicted molar refractivity (Wildman–Crippen MR) is 69.0 cm³/mol. The van der Waals surface area contributed by atoms with Crippen LogP contribution in [0.4, 0.5) is 0 Å². The molecule has 0 aliphatic carbocycles. The van der Waals surface area contributed by atoms with Crippen LogP contribution in [0.1, 0.15) is 12.0 Å². The quantitative estimate of drug-likeness (QED) is 0.579. The van der Waals surface area contributed by atoms with E-state index in [1.54, 1.807) is 12.1 Å². The smallest absolute Gasteiger partial charge is 0.0607 e. The van der Waals surface area contributed by atoms with E-state index in [1.807, 2.05) is 12.2 Å². The second-order valence-corrected chi connectivity index (χ2v) is 4.37. The lowest BCUT2D eigenvalue weighted by atomic mass is 10.2. The predicted octanol–water partition coefficient (Wildman–Crippen LogP) is 4.98. The molecule has 0 aromatic heterocycles. The highest BCUT2D eigenvalue weighted by atomic mass is 35.5. The first kappa shape index (κ1) is 12.3. The van der Waals surface area contributed by atoms with Crippen LogP contribution in [0.5, 0.6) is 0 Å². The fourth-order valence-electron chi connectivity index (χ4n) is 0.951. The van der Waals surface area contributed by atoms with Crippen LogP contribution in [0.25, 0.3) is 6.08 Å². The third-order valence-corrected chi connectivity index (χ3v) is 2.94. The van der Waals surface area contributed by atoms with Crippen molar-refractivity contribution in [1.82, 2.24) is 0 Å². The van der Waals surface area contributed by atoms with Crippen molar-refractivity contribution in [1.29, 1.82) is 0 Å². The second-order valence-electron chi connectivity index (χ2n) is 2.70. The average molecular weight is 268 g/mol. The minimum absolute atomic E-state index is 0.475. The Kier molecular flexibility index (Phi) is 5.18. The van der Waals surface area contributed by atoms with Crippen LogP contribution in [0.15, 0.2) is 18.2 Å². The summed E-state index contributed by atoms with van der Waals surface area (Å²) >= 11 is 21.7. The fraction of sp³-hybridized carbons (Fsp3) is 0.200. The van der Waals surface area contributed by atoms with Crippen molar-refractivity contribution < 1.29 is 0 Å². The minimum atomic E-state index is 0.475. The summed E-state index contributed by atoms with van der Waals surface area (Å²) in [6, 6.07) is 3.40. The van der Waals surface area contributed by atoms with Crippen molar-refractivity contribution in [2.45, 2.75) is 6.42 Å². The standard InChI is InChI=1S/C10H9Cl3S/c11-8-6-10(13)9(12)5-7(8)3-1-2-4-14/h1,3,5-6,14H,2,4H2. The van der Waals surface area contributed by atoms with Crippen LogP contribution in [-0.2, 0) is 0 Å². The van der Waals surface area contributed by atoms with Crippen LogP contribution in [0.3, 0.4) is 0 Å². The van der Waals surface area contributed by atoms with Gasteiger partial charge in [-0.25, -0.2) is 0 Å². The number of benzene rings is 1. The highest BCUT2D eigenvalue weighted by Gasteiger charge is 2.02. The van der Waals surface area contributed by atoms with E-state index in [0.717, 1.165) is 17.7 Å². The number of hydrogen-bond donors (Lipinski definition) is 1. The van der Waals surface area contributed by atoms with Gasteiger partial charge in [-0.1, -0.05) is 47.0 Å². The summed E-state index contributed by atoms with van der Waals surface area (Å²) in [6.45, 7) is 0. The summed E-state index contributed by atoms with van der Waals surface area (Å²) in [5.41, 5.74) is 0.878. The monoisotopic (exact) mass is 266 g/mol. The molecule has 0 bridgehead atoms. The van der Waals surface area contributed by atoms with Gasteiger partial charge in [0.15, 0.2) is 0 Å². The van der Waals surface area contributed by atoms with Crippen molar-refractivity contribution in [2.24, 2.45) is 0 Å². The SMILES string of the molecule is SCCC=Cc1cc(Cl)c(Cl)cc1Cl. The first-order valence-corrected chi connectivity index (χ1v) is 5.83. The topological polar surface area (TPSA) is 0 Å². The summed E-state index contributed by atoms with van der Waals surface area (Å²) in [5, 5.41) is 1.60. The van der Waals surface area contributed by atoms with E-state index >= 15 is 0 Å². The molecule has 1 rings (SSSR count). The van der Waals surface area contributed by atoms with E-state index in [9.17, 15) is 0 Å². The average Bonchev–Trinajstić information content (AvgIpc) is 2.14. The minimum Gasteiger partial charge on any atom is -0.179 e. The molecule has 0 N–H and O–H groups in total. The third kappa shape index (κ3) is 3.39. The molecule has 14 heavy (non-hydrogen) atoms. The Labute approximate surface area is 104 Å². The molecule has 0 fully saturated rings. The molecule has 0 heterocycles. The summed E-state index contributed by atoms with van der Waals surface area (Å²) in [5.74, 6) is 0.815. The number of hydrogen-bond acceptors (Lipinski definition) is 1. The van der Waals surface area contributed by atoms with Crippen LogP contribution in [0.2, 0.25) is 15.1 Å². The van der Waals surface area contributed by atoms with Crippen molar-refractivity contribution in [3.05, 3.63) is 38.8 Å². The van der Waals surface area contributed by atoms with Gasteiger partial charge in [0, 0.05) is 5.02 Å². The summed E-state index contributed by atoms with van der Waals surface area (Å²) in [6.07, 6.45) is 4.82. The van der Waals surface area contributed by atoms with Crippen LogP contribution in [0, 0.1) is 0 Å². The van der Waals surface area contributed by atoms with E-state index in [2.05, 4.69) is 12.6 Å². The lowest BCUT2D eigenvalue weighted by Crippen LogP contribution is -1.78. The van der Waals surface area contributed by atoms with Gasteiger partial charge in [-0.3, -0.25) is 0 Å². The Morgan fingerprint density at radius 1 is 1.07 bits per heavy atom. The highest BCUT2D eigenvalue weighted by molar-refractivity contribution is 7.80. The maximum Gasteiger partial charge on any atom is 0.0607 e. The lowest BCUT2D eigenvalue weighted by Gasteiger charge is -2.01. The maximum atomic E-state index is 5.97. The van der Waals surface area contributed by atoms with Crippen LogP contribution < -0.4 is 0 Å². The number of halogens is 3. The first-order chi connectivity index (χ1) is 6.65. The maximum absolute atomic E-state index is 5.97. The van der Waals surface area contributed by atoms with Crippen molar-refractivity contribution in [2.75, 3.05) is 5.75 Å². The van der Waals surface area contributed by atoms with E-state index in [0.29, 0.717) is 15.1 Å². The van der Waals surface area contributed by atoms with E-state index in [-0.39, 0.29) is 0 Å². The van der Waals surface area contributed by atoms with Crippen molar-refractivity contribution in [3.8, 4) is 0 Å². The molecule has 0 atom stereocenters. The van der Waals surface area contributed by atoms with Gasteiger partial charge < -0.3 is 0 Å². The zero-order chi connectivity index (χ0) is 10.6. The Balaban J connectivity index is 2.92. The molecule has 0 amide bonds. The fourth-order valence-corrected chi connectivity index (χ4v) is 1.72. The van der Waals surface area contributed by atoms with Gasteiger partial charge in [0.2, 0.25) is 0 Å². The molecule has 0 aliphatic heterocycles. The van der Waals surface area contributed by atoms with Gasteiger partial charge in [0.25, 0.3) is 0 Å². The molecule has 0 unspecified atom stereocenters. The Bertz CT molecular complexity index is 347. The molecule has 0 saturated carbocycles. The number of allylic oxidation sites excluding steroid dienone is 1. The highest BCUT2D eigenvalue weighted by Crippen LogP contribution is 2.29. The molecule has 4 heteroatoms. The van der Waals surface area contributed by atoms with Gasteiger partial charge in [-0.15, -0.1) is 0 Å². The van der Waals surface area contributed by atoms with Gasteiger partial charge >= 0.3 is 0 Å². The van der Waals surface area contributed by atoms with Crippen molar-refractivity contribution in [3.63, 3.8) is 0 Å². The lowest BCUT2D eigenvalue weighted by molar-refractivity contribution is 1.26. The molecule has 1 aromatic rings. The number of thiol groups is 1. The summed E-state index contributed by atoms with van der Waals surface area (Å²) in [7, 11) is 0. The van der Waals surface area contributed by atoms with E-state index < -0.39 is 0 Å². The largest absolute Gasteiger partial charge is 0.179 e. The Hall–Kier alpha value is 0.180. The molecule has 0 saturated heterocycles. The molecule has 76 valence electrons. The van der Waals surface area contributed by atoms with Crippen molar-refractivity contribution >= 4 is 53.5 Å². The third-order valence-electron chi connectivity index (χ3n) is 1.63. The van der Waals surface area contributed by atoms with E-state index in [4.69, 9.17) is 34.8 Å². The molecular weight excluding hydrogens is 259 g/mol. The number of rotatable bonds is 3. The van der Waals surface area contributed by atoms with Gasteiger partial charge in [-0.2, -0.15) is 12.6 Å². The van der Waals surface area contributed by atoms with Gasteiger partial charge in [0.1, 0.15) is 0 Å². The van der Waals surface area contributed by atoms with Crippen LogP contribution >= 0.6 is 47.4 Å². The second kappa shape index (κ2) is 5.92. The molecular formula is C10H9Cl3S. The Morgan fingerprint density at radius 3 is 2.36 bits per heavy atom. The first-order valence-electron chi connectivity index (χ1n) is 4.07. The normalized spacial score (nSPS) is 11.1.